The van der Waals surface area contributed by atoms with E-state index in [1.54, 1.807) is 0 Å². The fourth-order valence-electron chi connectivity index (χ4n) is 5.16. The van der Waals surface area contributed by atoms with Crippen LogP contribution in [0.2, 0.25) is 0 Å². The Morgan fingerprint density at radius 2 is 0.971 bits per heavy atom. The lowest BCUT2D eigenvalue weighted by Gasteiger charge is -2.39. The van der Waals surface area contributed by atoms with E-state index in [1.807, 2.05) is 21.1 Å². The zero-order valence-electron chi connectivity index (χ0n) is 23.9. The number of nitrogens with zero attached hydrogens (tertiary/aromatic N) is 1. The van der Waals surface area contributed by atoms with Crippen molar-refractivity contribution < 1.29 is 13.9 Å². The van der Waals surface area contributed by atoms with E-state index in [0.717, 1.165) is 25.7 Å². The van der Waals surface area contributed by atoms with Gasteiger partial charge in [-0.1, -0.05) is 120 Å². The molecule has 202 valence electrons. The van der Waals surface area contributed by atoms with Crippen molar-refractivity contribution in [2.24, 2.45) is 0 Å². The molecule has 0 saturated heterocycles. The first-order valence-corrected chi connectivity index (χ1v) is 16.1. The largest absolute Gasteiger partial charge is 0.590 e. The molecule has 0 aromatic rings. The summed E-state index contributed by atoms with van der Waals surface area (Å²) in [4.78, 5) is 12.1. The fraction of sp³-hybridized carbons (Fsp3) is 0.933. The van der Waals surface area contributed by atoms with Gasteiger partial charge < -0.3 is 4.89 Å². The summed E-state index contributed by atoms with van der Waals surface area (Å²) in [6.07, 6.45) is 32.6. The van der Waals surface area contributed by atoms with E-state index in [0.29, 0.717) is 4.48 Å². The molecule has 0 heterocycles. The van der Waals surface area contributed by atoms with Crippen molar-refractivity contribution in [1.82, 2.24) is 0 Å². The Kier molecular flexibility index (Phi) is 21.8. The molecule has 0 radical (unpaired) electrons. The van der Waals surface area contributed by atoms with Gasteiger partial charge in [0, 0.05) is 12.8 Å². The van der Waals surface area contributed by atoms with Gasteiger partial charge in [-0.2, -0.15) is 0 Å². The summed E-state index contributed by atoms with van der Waals surface area (Å²) in [6, 6.07) is 0. The van der Waals surface area contributed by atoms with Crippen molar-refractivity contribution in [3.63, 3.8) is 0 Å². The molecule has 0 N–H and O–H groups in total. The van der Waals surface area contributed by atoms with E-state index in [-0.39, 0.29) is 0 Å². The quantitative estimate of drug-likeness (QED) is 0.0544. The molecule has 0 bridgehead atoms. The molecule has 34 heavy (non-hydrogen) atoms. The topological polar surface area (TPSA) is 40.1 Å². The first-order valence-electron chi connectivity index (χ1n) is 14.9. The van der Waals surface area contributed by atoms with Crippen LogP contribution in [0, 0.1) is 0 Å². The first kappa shape index (κ1) is 33.8. The zero-order valence-corrected chi connectivity index (χ0v) is 24.8. The van der Waals surface area contributed by atoms with E-state index >= 15 is 0 Å². The molecule has 0 saturated carbocycles. The standard InChI is InChI=1S/C30H61NO2P/c1-6-8-9-10-11-12-13-14-15-16-17-18-19-20-21-22-23-24-25-26-27-29-30(28-7-2,34(32)33)31(3,4)5/h11-12H,6-10,13-29H2,1-5H3/q+1. The van der Waals surface area contributed by atoms with E-state index in [4.69, 9.17) is 0 Å². The molecular weight excluding hydrogens is 437 g/mol. The molecule has 0 rings (SSSR count). The van der Waals surface area contributed by atoms with Gasteiger partial charge in [-0.25, -0.2) is 0 Å². The van der Waals surface area contributed by atoms with Gasteiger partial charge in [-0.05, 0) is 38.5 Å². The maximum absolute atomic E-state index is 12.1. The summed E-state index contributed by atoms with van der Waals surface area (Å²) in [5, 5.41) is -0.588. The predicted octanol–water partition coefficient (Wildman–Crippen LogP) is 9.67. The Labute approximate surface area is 215 Å². The zero-order chi connectivity index (χ0) is 25.5. The van der Waals surface area contributed by atoms with Crippen LogP contribution in [0.15, 0.2) is 12.2 Å². The van der Waals surface area contributed by atoms with Crippen molar-refractivity contribution in [2.45, 2.75) is 160 Å². The summed E-state index contributed by atoms with van der Waals surface area (Å²) < 4.78 is 12.6. The highest BCUT2D eigenvalue weighted by molar-refractivity contribution is 7.38. The highest BCUT2D eigenvalue weighted by Gasteiger charge is 2.53. The Hall–Kier alpha value is -0.240. The first-order chi connectivity index (χ1) is 16.3. The lowest BCUT2D eigenvalue weighted by Crippen LogP contribution is -2.55. The van der Waals surface area contributed by atoms with Crippen LogP contribution in [-0.2, 0) is 4.57 Å². The molecule has 2 atom stereocenters. The molecule has 0 aliphatic carbocycles. The highest BCUT2D eigenvalue weighted by Crippen LogP contribution is 2.45. The maximum atomic E-state index is 12.1. The van der Waals surface area contributed by atoms with E-state index in [2.05, 4.69) is 26.0 Å². The number of quaternary nitrogens is 1. The second-order valence-corrected chi connectivity index (χ2v) is 12.8. The minimum Gasteiger partial charge on any atom is -0.590 e. The Balaban J connectivity index is 3.54. The molecule has 0 aromatic carbocycles. The van der Waals surface area contributed by atoms with Crippen LogP contribution in [0.1, 0.15) is 155 Å². The SMILES string of the molecule is CCCCCC=CCCCCCCCCCCCCCCCCC(CCC)([P+](=O)[O-])[N+](C)(C)C. The summed E-state index contributed by atoms with van der Waals surface area (Å²) in [7, 11) is 3.69. The van der Waals surface area contributed by atoms with Crippen LogP contribution in [0.5, 0.6) is 0 Å². The van der Waals surface area contributed by atoms with Crippen LogP contribution in [0.25, 0.3) is 0 Å². The molecule has 0 amide bonds. The van der Waals surface area contributed by atoms with E-state index in [1.165, 1.54) is 116 Å². The van der Waals surface area contributed by atoms with Crippen molar-refractivity contribution in [1.29, 1.82) is 0 Å². The normalized spacial score (nSPS) is 14.6. The molecule has 0 fully saturated rings. The average molecular weight is 499 g/mol. The van der Waals surface area contributed by atoms with Gasteiger partial charge in [0.1, 0.15) is 0 Å². The number of unbranched alkanes of at least 4 members (excludes halogenated alkanes) is 17. The summed E-state index contributed by atoms with van der Waals surface area (Å²) >= 11 is 0. The van der Waals surface area contributed by atoms with Crippen LogP contribution >= 0.6 is 8.03 Å². The van der Waals surface area contributed by atoms with Gasteiger partial charge in [0.05, 0.1) is 21.1 Å². The van der Waals surface area contributed by atoms with Gasteiger partial charge in [-0.3, -0.25) is 4.48 Å². The highest BCUT2D eigenvalue weighted by atomic mass is 31.1. The minimum absolute atomic E-state index is 0.524. The van der Waals surface area contributed by atoms with Crippen LogP contribution in [0.4, 0.5) is 0 Å². The van der Waals surface area contributed by atoms with E-state index in [9.17, 15) is 9.46 Å². The van der Waals surface area contributed by atoms with Gasteiger partial charge in [0.15, 0.2) is 0 Å². The fourth-order valence-corrected chi connectivity index (χ4v) is 6.40. The predicted molar refractivity (Wildman–Crippen MR) is 150 cm³/mol. The van der Waals surface area contributed by atoms with Crippen molar-refractivity contribution in [3.05, 3.63) is 12.2 Å². The van der Waals surface area contributed by atoms with E-state index < -0.39 is 13.3 Å². The molecular formula is C30H61NO2P+. The second kappa shape index (κ2) is 22.0. The Morgan fingerprint density at radius 3 is 1.32 bits per heavy atom. The lowest BCUT2D eigenvalue weighted by atomic mass is 9.99. The van der Waals surface area contributed by atoms with Crippen LogP contribution in [-0.4, -0.2) is 30.9 Å². The van der Waals surface area contributed by atoms with Gasteiger partial charge in [0.2, 0.25) is 0 Å². The average Bonchev–Trinajstić information content (AvgIpc) is 2.78. The Morgan fingerprint density at radius 1 is 0.588 bits per heavy atom. The summed E-state index contributed by atoms with van der Waals surface area (Å²) in [5.74, 6) is 0. The summed E-state index contributed by atoms with van der Waals surface area (Å²) in [6.45, 7) is 4.36. The summed E-state index contributed by atoms with van der Waals surface area (Å²) in [5.41, 5.74) is 0. The lowest BCUT2D eigenvalue weighted by molar-refractivity contribution is -0.910. The molecule has 3 nitrogen and oxygen atoms in total. The van der Waals surface area contributed by atoms with Gasteiger partial charge >= 0.3 is 8.03 Å². The molecule has 0 aliphatic heterocycles. The Bertz CT molecular complexity index is 501. The van der Waals surface area contributed by atoms with Crippen LogP contribution < -0.4 is 4.89 Å². The number of rotatable bonds is 25. The van der Waals surface area contributed by atoms with Gasteiger partial charge in [0.25, 0.3) is 5.28 Å². The maximum Gasteiger partial charge on any atom is 0.376 e. The third kappa shape index (κ3) is 16.4. The van der Waals surface area contributed by atoms with Gasteiger partial charge in [-0.15, -0.1) is 0 Å². The number of hydrogen-bond donors (Lipinski definition) is 0. The third-order valence-corrected chi connectivity index (χ3v) is 9.30. The van der Waals surface area contributed by atoms with Crippen molar-refractivity contribution in [3.8, 4) is 0 Å². The monoisotopic (exact) mass is 498 g/mol. The van der Waals surface area contributed by atoms with Crippen molar-refractivity contribution in [2.75, 3.05) is 21.1 Å². The van der Waals surface area contributed by atoms with Crippen molar-refractivity contribution >= 4 is 8.03 Å². The molecule has 0 spiro atoms. The third-order valence-electron chi connectivity index (χ3n) is 7.58. The number of allylic oxidation sites excluding steroid dienone is 2. The molecule has 4 heteroatoms. The minimum atomic E-state index is -2.42. The molecule has 0 aliphatic rings. The smallest absolute Gasteiger partial charge is 0.376 e. The molecule has 0 aromatic heterocycles. The molecule has 2 unspecified atom stereocenters. The second-order valence-electron chi connectivity index (χ2n) is 11.5. The van der Waals surface area contributed by atoms with Crippen LogP contribution in [0.3, 0.4) is 0 Å². The number of hydrogen-bond acceptors (Lipinski definition) is 2.